The van der Waals surface area contributed by atoms with E-state index in [2.05, 4.69) is 4.98 Å². The van der Waals surface area contributed by atoms with Crippen LogP contribution in [0.5, 0.6) is 0 Å². The lowest BCUT2D eigenvalue weighted by atomic mass is 10.0. The molecule has 3 aliphatic rings. The molecule has 2 atom stereocenters. The molecule has 7 heteroatoms. The smallest absolute Gasteiger partial charge is 0.216 e. The average molecular weight is 325 g/mol. The maximum absolute atomic E-state index is 12.5. The fraction of sp³-hybridized carbons (Fsp3) is 0.800. The van der Waals surface area contributed by atoms with Crippen molar-refractivity contribution in [1.82, 2.24) is 13.9 Å². The lowest BCUT2D eigenvalue weighted by molar-refractivity contribution is -0.0492. The van der Waals surface area contributed by atoms with Crippen LogP contribution in [0, 0.1) is 5.92 Å². The molecular weight excluding hydrogens is 302 g/mol. The van der Waals surface area contributed by atoms with Crippen LogP contribution in [0.2, 0.25) is 0 Å². The van der Waals surface area contributed by atoms with Gasteiger partial charge in [-0.15, -0.1) is 0 Å². The summed E-state index contributed by atoms with van der Waals surface area (Å²) in [6.45, 7) is 1.11. The van der Waals surface area contributed by atoms with Gasteiger partial charge in [-0.1, -0.05) is 0 Å². The van der Waals surface area contributed by atoms with Crippen molar-refractivity contribution in [2.45, 2.75) is 50.4 Å². The molecule has 0 N–H and O–H groups in total. The third-order valence-electron chi connectivity index (χ3n) is 5.09. The van der Waals surface area contributed by atoms with E-state index in [1.54, 1.807) is 16.8 Å². The number of ether oxygens (including phenoxy) is 1. The van der Waals surface area contributed by atoms with Crippen LogP contribution < -0.4 is 0 Å². The Morgan fingerprint density at radius 1 is 1.18 bits per heavy atom. The van der Waals surface area contributed by atoms with E-state index >= 15 is 0 Å². The van der Waals surface area contributed by atoms with E-state index in [1.807, 2.05) is 10.8 Å². The molecule has 1 aromatic rings. The summed E-state index contributed by atoms with van der Waals surface area (Å²) in [4.78, 5) is 4.01. The molecule has 4 rings (SSSR count). The normalized spacial score (nSPS) is 31.1. The lowest BCUT2D eigenvalue weighted by Crippen LogP contribution is -2.52. The van der Waals surface area contributed by atoms with Gasteiger partial charge >= 0.3 is 0 Å². The fourth-order valence-electron chi connectivity index (χ4n) is 3.53. The van der Waals surface area contributed by atoms with Crippen molar-refractivity contribution in [3.63, 3.8) is 0 Å². The summed E-state index contributed by atoms with van der Waals surface area (Å²) in [5.41, 5.74) is 0. The Labute approximate surface area is 131 Å². The van der Waals surface area contributed by atoms with Crippen molar-refractivity contribution in [2.75, 3.05) is 18.8 Å². The highest BCUT2D eigenvalue weighted by atomic mass is 32.2. The monoisotopic (exact) mass is 325 g/mol. The quantitative estimate of drug-likeness (QED) is 0.821. The van der Waals surface area contributed by atoms with Gasteiger partial charge in [0.25, 0.3) is 0 Å². The molecule has 2 saturated heterocycles. The molecule has 0 spiro atoms. The molecule has 122 valence electrons. The van der Waals surface area contributed by atoms with E-state index in [0.717, 1.165) is 19.3 Å². The highest BCUT2D eigenvalue weighted by Gasteiger charge is 2.40. The molecule has 2 unspecified atom stereocenters. The molecule has 0 amide bonds. The molecule has 6 nitrogen and oxygen atoms in total. The van der Waals surface area contributed by atoms with Crippen molar-refractivity contribution in [3.05, 3.63) is 18.7 Å². The maximum atomic E-state index is 12.5. The zero-order chi connectivity index (χ0) is 15.2. The first-order valence-electron chi connectivity index (χ1n) is 8.22. The summed E-state index contributed by atoms with van der Waals surface area (Å²) in [6.07, 6.45) is 11.1. The van der Waals surface area contributed by atoms with Crippen molar-refractivity contribution in [2.24, 2.45) is 5.92 Å². The first-order chi connectivity index (χ1) is 10.6. The minimum atomic E-state index is -3.20. The van der Waals surface area contributed by atoms with Crippen LogP contribution in [0.1, 0.15) is 38.1 Å². The standard InChI is InChI=1S/C15H23N3O3S/c19-22(20,18-8-13(9-18)17-7-6-16-11-17)10-14-2-1-3-15(21-14)12-4-5-12/h6-7,11-15H,1-5,8-10H2. The molecule has 1 aromatic heterocycles. The van der Waals surface area contributed by atoms with Gasteiger partial charge in [-0.05, 0) is 38.0 Å². The Bertz CT molecular complexity index is 606. The number of nitrogens with zero attached hydrogens (tertiary/aromatic N) is 3. The highest BCUT2D eigenvalue weighted by molar-refractivity contribution is 7.89. The molecule has 0 radical (unpaired) electrons. The topological polar surface area (TPSA) is 64.4 Å². The molecule has 0 aromatic carbocycles. The summed E-state index contributed by atoms with van der Waals surface area (Å²) in [6, 6.07) is 0.226. The average Bonchev–Trinajstić information content (AvgIpc) is 3.15. The van der Waals surface area contributed by atoms with Crippen LogP contribution in [0.3, 0.4) is 0 Å². The number of aromatic nitrogens is 2. The van der Waals surface area contributed by atoms with Crippen LogP contribution in [0.25, 0.3) is 0 Å². The fourth-order valence-corrected chi connectivity index (χ4v) is 5.25. The van der Waals surface area contributed by atoms with Gasteiger partial charge in [0, 0.05) is 25.5 Å². The van der Waals surface area contributed by atoms with E-state index in [9.17, 15) is 8.42 Å². The van der Waals surface area contributed by atoms with Gasteiger partial charge in [0.05, 0.1) is 30.3 Å². The molecule has 22 heavy (non-hydrogen) atoms. The third kappa shape index (κ3) is 2.94. The van der Waals surface area contributed by atoms with Gasteiger partial charge in [0.1, 0.15) is 0 Å². The Morgan fingerprint density at radius 3 is 2.68 bits per heavy atom. The summed E-state index contributed by atoms with van der Waals surface area (Å²) < 4.78 is 34.6. The number of rotatable bonds is 5. The second-order valence-corrected chi connectivity index (χ2v) is 8.84. The predicted molar refractivity (Wildman–Crippen MR) is 81.9 cm³/mol. The molecule has 2 aliphatic heterocycles. The molecular formula is C15H23N3O3S. The SMILES string of the molecule is O=S(=O)(CC1CCCC(C2CC2)O1)N1CC(n2ccnc2)C1. The second kappa shape index (κ2) is 5.62. The lowest BCUT2D eigenvalue weighted by Gasteiger charge is -2.40. The minimum absolute atomic E-state index is 0.114. The Morgan fingerprint density at radius 2 is 2.00 bits per heavy atom. The number of imidazole rings is 1. The molecule has 3 fully saturated rings. The molecule has 0 bridgehead atoms. The second-order valence-electron chi connectivity index (χ2n) is 6.82. The summed E-state index contributed by atoms with van der Waals surface area (Å²) in [7, 11) is -3.20. The molecule has 1 aliphatic carbocycles. The number of hydrogen-bond acceptors (Lipinski definition) is 4. The van der Waals surface area contributed by atoms with E-state index in [0.29, 0.717) is 25.1 Å². The number of hydrogen-bond donors (Lipinski definition) is 0. The summed E-state index contributed by atoms with van der Waals surface area (Å²) in [5, 5.41) is 0. The van der Waals surface area contributed by atoms with Gasteiger partial charge in [0.15, 0.2) is 0 Å². The summed E-state index contributed by atoms with van der Waals surface area (Å²) in [5.74, 6) is 0.840. The van der Waals surface area contributed by atoms with Gasteiger partial charge in [0.2, 0.25) is 10.0 Å². The Kier molecular flexibility index (Phi) is 3.74. The molecule has 3 heterocycles. The van der Waals surface area contributed by atoms with Crippen LogP contribution in [-0.2, 0) is 14.8 Å². The van der Waals surface area contributed by atoms with Gasteiger partial charge in [-0.2, -0.15) is 4.31 Å². The van der Waals surface area contributed by atoms with Crippen LogP contribution in [-0.4, -0.2) is 53.3 Å². The largest absolute Gasteiger partial charge is 0.374 e. The minimum Gasteiger partial charge on any atom is -0.374 e. The van der Waals surface area contributed by atoms with Crippen LogP contribution in [0.4, 0.5) is 0 Å². The molecule has 1 saturated carbocycles. The zero-order valence-electron chi connectivity index (χ0n) is 12.7. The summed E-state index contributed by atoms with van der Waals surface area (Å²) >= 11 is 0. The first-order valence-corrected chi connectivity index (χ1v) is 9.83. The van der Waals surface area contributed by atoms with Crippen molar-refractivity contribution >= 4 is 10.0 Å². The van der Waals surface area contributed by atoms with E-state index in [4.69, 9.17) is 4.74 Å². The zero-order valence-corrected chi connectivity index (χ0v) is 13.5. The van der Waals surface area contributed by atoms with Crippen LogP contribution in [0.15, 0.2) is 18.7 Å². The van der Waals surface area contributed by atoms with E-state index < -0.39 is 10.0 Å². The van der Waals surface area contributed by atoms with E-state index in [1.165, 1.54) is 12.8 Å². The highest BCUT2D eigenvalue weighted by Crippen LogP contribution is 2.39. The first kappa shape index (κ1) is 14.7. The van der Waals surface area contributed by atoms with Gasteiger partial charge in [-0.25, -0.2) is 13.4 Å². The number of sulfonamides is 1. The van der Waals surface area contributed by atoms with E-state index in [-0.39, 0.29) is 17.9 Å². The van der Waals surface area contributed by atoms with Crippen molar-refractivity contribution < 1.29 is 13.2 Å². The van der Waals surface area contributed by atoms with Crippen molar-refractivity contribution in [1.29, 1.82) is 0 Å². The maximum Gasteiger partial charge on any atom is 0.216 e. The Hall–Kier alpha value is -0.920. The van der Waals surface area contributed by atoms with Gasteiger partial charge in [-0.3, -0.25) is 0 Å². The van der Waals surface area contributed by atoms with Crippen molar-refractivity contribution in [3.8, 4) is 0 Å². The van der Waals surface area contributed by atoms with Gasteiger partial charge < -0.3 is 9.30 Å². The predicted octanol–water partition coefficient (Wildman–Crippen LogP) is 1.42. The third-order valence-corrected chi connectivity index (χ3v) is 6.97. The van der Waals surface area contributed by atoms with Crippen LogP contribution >= 0.6 is 0 Å². The Balaban J connectivity index is 1.32.